The van der Waals surface area contributed by atoms with Crippen molar-refractivity contribution in [3.63, 3.8) is 0 Å². The molecule has 1 heterocycles. The summed E-state index contributed by atoms with van der Waals surface area (Å²) in [5.41, 5.74) is 0. The molecule has 1 N–H and O–H groups in total. The minimum Gasteiger partial charge on any atom is -0.243 e. The predicted molar refractivity (Wildman–Crippen MR) is 54.3 cm³/mol. The molecular weight excluding hydrogens is 200 g/mol. The molecule has 0 fully saturated rings. The van der Waals surface area contributed by atoms with Gasteiger partial charge in [0.1, 0.15) is 0 Å². The number of hydrogen-bond donors (Lipinski definition) is 1. The molecule has 1 aromatic rings. The molecule has 0 aliphatic carbocycles. The van der Waals surface area contributed by atoms with Crippen molar-refractivity contribution >= 4 is 10.0 Å². The maximum Gasteiger partial charge on any atom is 0.258 e. The number of nitrogens with zero attached hydrogens (tertiary/aromatic N) is 1. The lowest BCUT2D eigenvalue weighted by atomic mass is 10.2. The summed E-state index contributed by atoms with van der Waals surface area (Å²) < 4.78 is 25.6. The van der Waals surface area contributed by atoms with Crippen molar-refractivity contribution in [2.75, 3.05) is 6.54 Å². The van der Waals surface area contributed by atoms with Crippen molar-refractivity contribution in [2.24, 2.45) is 5.92 Å². The third kappa shape index (κ3) is 3.08. The maximum absolute atomic E-state index is 11.6. The van der Waals surface area contributed by atoms with Crippen LogP contribution in [0, 0.1) is 5.92 Å². The summed E-state index contributed by atoms with van der Waals surface area (Å²) in [7, 11) is -3.42. The Kier molecular flexibility index (Phi) is 3.60. The molecule has 1 rings (SSSR count). The zero-order valence-corrected chi connectivity index (χ0v) is 9.08. The highest BCUT2D eigenvalue weighted by molar-refractivity contribution is 7.89. The first-order valence-electron chi connectivity index (χ1n) is 4.43. The van der Waals surface area contributed by atoms with Crippen LogP contribution < -0.4 is 4.72 Å². The maximum atomic E-state index is 11.6. The van der Waals surface area contributed by atoms with E-state index in [2.05, 4.69) is 9.71 Å². The Morgan fingerprint density at radius 3 is 2.64 bits per heavy atom. The van der Waals surface area contributed by atoms with Gasteiger partial charge in [-0.25, -0.2) is 18.1 Å². The van der Waals surface area contributed by atoms with E-state index in [9.17, 15) is 8.42 Å². The van der Waals surface area contributed by atoms with E-state index >= 15 is 0 Å². The summed E-state index contributed by atoms with van der Waals surface area (Å²) in [4.78, 5) is 3.78. The highest BCUT2D eigenvalue weighted by atomic mass is 32.2. The van der Waals surface area contributed by atoms with Crippen LogP contribution >= 0.6 is 0 Å². The number of hydrogen-bond acceptors (Lipinski definition) is 3. The molecule has 0 amide bonds. The average molecular weight is 214 g/mol. The average Bonchev–Trinajstić information content (AvgIpc) is 2.16. The minimum atomic E-state index is -3.42. The third-order valence-electron chi connectivity index (χ3n) is 1.59. The van der Waals surface area contributed by atoms with Crippen LogP contribution in [-0.2, 0) is 10.0 Å². The van der Waals surface area contributed by atoms with E-state index in [4.69, 9.17) is 0 Å². The largest absolute Gasteiger partial charge is 0.258 e. The zero-order chi connectivity index (χ0) is 10.6. The first-order valence-corrected chi connectivity index (χ1v) is 5.91. The quantitative estimate of drug-likeness (QED) is 0.814. The predicted octanol–water partition coefficient (Wildman–Crippen LogP) is 1.02. The fourth-order valence-electron chi connectivity index (χ4n) is 0.856. The van der Waals surface area contributed by atoms with Crippen LogP contribution in [-0.4, -0.2) is 19.9 Å². The normalized spacial score (nSPS) is 11.9. The lowest BCUT2D eigenvalue weighted by molar-refractivity contribution is 0.557. The summed E-state index contributed by atoms with van der Waals surface area (Å²) in [5, 5.41) is 0.0700. The van der Waals surface area contributed by atoms with Gasteiger partial charge in [-0.1, -0.05) is 19.9 Å². The number of aromatic nitrogens is 1. The van der Waals surface area contributed by atoms with Gasteiger partial charge in [0, 0.05) is 12.7 Å². The molecule has 0 saturated carbocycles. The van der Waals surface area contributed by atoms with Crippen LogP contribution in [0.15, 0.2) is 29.4 Å². The lowest BCUT2D eigenvalue weighted by Crippen LogP contribution is -2.28. The first-order chi connectivity index (χ1) is 6.52. The third-order valence-corrected chi connectivity index (χ3v) is 2.93. The monoisotopic (exact) mass is 214 g/mol. The minimum absolute atomic E-state index is 0.0700. The van der Waals surface area contributed by atoms with Gasteiger partial charge in [-0.05, 0) is 18.1 Å². The molecule has 0 radical (unpaired) electrons. The Labute approximate surface area is 84.4 Å². The van der Waals surface area contributed by atoms with E-state index in [1.54, 1.807) is 12.1 Å². The van der Waals surface area contributed by atoms with Gasteiger partial charge in [0.15, 0.2) is 5.03 Å². The molecule has 0 spiro atoms. The number of nitrogens with one attached hydrogen (secondary N) is 1. The second-order valence-corrected chi connectivity index (χ2v) is 5.13. The van der Waals surface area contributed by atoms with Crippen LogP contribution in [0.3, 0.4) is 0 Å². The molecular formula is C9H14N2O2S. The van der Waals surface area contributed by atoms with Crippen molar-refractivity contribution in [1.82, 2.24) is 9.71 Å². The molecule has 0 aliphatic heterocycles. The summed E-state index contributed by atoms with van der Waals surface area (Å²) in [6.07, 6.45) is 1.46. The number of rotatable bonds is 4. The standard InChI is InChI=1S/C9H14N2O2S/c1-8(2)7-11-14(12,13)9-5-3-4-6-10-9/h3-6,8,11H,7H2,1-2H3. The number of sulfonamides is 1. The van der Waals surface area contributed by atoms with Gasteiger partial charge in [-0.2, -0.15) is 0 Å². The molecule has 0 atom stereocenters. The second-order valence-electron chi connectivity index (χ2n) is 3.41. The van der Waals surface area contributed by atoms with E-state index in [-0.39, 0.29) is 10.9 Å². The Bertz CT molecular complexity index is 373. The Balaban J connectivity index is 2.77. The highest BCUT2D eigenvalue weighted by Gasteiger charge is 2.14. The van der Waals surface area contributed by atoms with Gasteiger partial charge >= 0.3 is 0 Å². The van der Waals surface area contributed by atoms with Gasteiger partial charge < -0.3 is 0 Å². The lowest BCUT2D eigenvalue weighted by Gasteiger charge is -2.07. The van der Waals surface area contributed by atoms with Crippen LogP contribution in [0.4, 0.5) is 0 Å². The Morgan fingerprint density at radius 2 is 2.14 bits per heavy atom. The summed E-state index contributed by atoms with van der Waals surface area (Å²) in [6, 6.07) is 4.81. The van der Waals surface area contributed by atoms with Gasteiger partial charge in [0.05, 0.1) is 0 Å². The molecule has 0 aromatic carbocycles. The SMILES string of the molecule is CC(C)CNS(=O)(=O)c1ccccn1. The first kappa shape index (κ1) is 11.1. The van der Waals surface area contributed by atoms with Gasteiger partial charge in [-0.3, -0.25) is 0 Å². The molecule has 0 bridgehead atoms. The molecule has 0 unspecified atom stereocenters. The molecule has 1 aromatic heterocycles. The molecule has 4 nitrogen and oxygen atoms in total. The topological polar surface area (TPSA) is 59.1 Å². The Hall–Kier alpha value is -0.940. The van der Waals surface area contributed by atoms with Gasteiger partial charge in [-0.15, -0.1) is 0 Å². The van der Waals surface area contributed by atoms with Gasteiger partial charge in [0.25, 0.3) is 10.0 Å². The Morgan fingerprint density at radius 1 is 1.43 bits per heavy atom. The van der Waals surface area contributed by atoms with E-state index in [0.29, 0.717) is 6.54 Å². The molecule has 78 valence electrons. The van der Waals surface area contributed by atoms with Crippen molar-refractivity contribution in [1.29, 1.82) is 0 Å². The smallest absolute Gasteiger partial charge is 0.243 e. The molecule has 0 aliphatic rings. The van der Waals surface area contributed by atoms with Crippen molar-refractivity contribution in [3.8, 4) is 0 Å². The molecule has 14 heavy (non-hydrogen) atoms. The summed E-state index contributed by atoms with van der Waals surface area (Å²) in [6.45, 7) is 4.32. The molecule has 5 heteroatoms. The summed E-state index contributed by atoms with van der Waals surface area (Å²) in [5.74, 6) is 0.286. The van der Waals surface area contributed by atoms with Crippen LogP contribution in [0.5, 0.6) is 0 Å². The summed E-state index contributed by atoms with van der Waals surface area (Å²) >= 11 is 0. The van der Waals surface area contributed by atoms with E-state index in [0.717, 1.165) is 0 Å². The van der Waals surface area contributed by atoms with E-state index in [1.165, 1.54) is 12.3 Å². The second kappa shape index (κ2) is 4.52. The van der Waals surface area contributed by atoms with E-state index < -0.39 is 10.0 Å². The highest BCUT2D eigenvalue weighted by Crippen LogP contribution is 2.03. The van der Waals surface area contributed by atoms with E-state index in [1.807, 2.05) is 13.8 Å². The molecule has 0 saturated heterocycles. The van der Waals surface area contributed by atoms with Crippen molar-refractivity contribution in [3.05, 3.63) is 24.4 Å². The van der Waals surface area contributed by atoms with Crippen molar-refractivity contribution in [2.45, 2.75) is 18.9 Å². The number of pyridine rings is 1. The zero-order valence-electron chi connectivity index (χ0n) is 8.27. The van der Waals surface area contributed by atoms with Crippen LogP contribution in [0.1, 0.15) is 13.8 Å². The van der Waals surface area contributed by atoms with Crippen molar-refractivity contribution < 1.29 is 8.42 Å². The van der Waals surface area contributed by atoms with Crippen LogP contribution in [0.2, 0.25) is 0 Å². The van der Waals surface area contributed by atoms with Crippen LogP contribution in [0.25, 0.3) is 0 Å². The van der Waals surface area contributed by atoms with Gasteiger partial charge in [0.2, 0.25) is 0 Å². The fraction of sp³-hybridized carbons (Fsp3) is 0.444. The fourth-order valence-corrected chi connectivity index (χ4v) is 2.01.